The van der Waals surface area contributed by atoms with E-state index in [1.165, 1.54) is 0 Å². The summed E-state index contributed by atoms with van der Waals surface area (Å²) in [7, 11) is 5.65. The van der Waals surface area contributed by atoms with Gasteiger partial charge in [0, 0.05) is 44.4 Å². The first-order valence-electron chi connectivity index (χ1n) is 12.4. The number of ether oxygens (including phenoxy) is 1. The number of piperidine rings is 1. The molecule has 1 aromatic heterocycles. The number of carbonyl (C=O) groups excluding carboxylic acids is 1. The van der Waals surface area contributed by atoms with Crippen LogP contribution in [0.3, 0.4) is 0 Å². The van der Waals surface area contributed by atoms with Crippen LogP contribution in [0.2, 0.25) is 0 Å². The van der Waals surface area contributed by atoms with E-state index in [0.717, 1.165) is 31.5 Å². The average molecular weight is 494 g/mol. The maximum Gasteiger partial charge on any atom is 0.320 e. The molecule has 1 saturated heterocycles. The van der Waals surface area contributed by atoms with Crippen LogP contribution in [-0.2, 0) is 0 Å². The first-order chi connectivity index (χ1) is 17.0. The first kappa shape index (κ1) is 27.2. The Kier molecular flexibility index (Phi) is 8.75. The average Bonchev–Trinajstić information content (AvgIpc) is 2.82. The Labute approximate surface area is 214 Å². The second-order valence-electron chi connectivity index (χ2n) is 10.9. The molecule has 0 radical (unpaired) electrons. The van der Waals surface area contributed by atoms with Crippen LogP contribution in [0.25, 0.3) is 0 Å². The summed E-state index contributed by atoms with van der Waals surface area (Å²) in [4.78, 5) is 25.8. The normalized spacial score (nSPS) is 16.2. The number of anilines is 3. The van der Waals surface area contributed by atoms with Crippen molar-refractivity contribution < 1.29 is 9.53 Å². The van der Waals surface area contributed by atoms with E-state index in [2.05, 4.69) is 59.4 Å². The SMILES string of the molecule is CNC(=O)c1ccc(C)c(Nc2nc(OCC3CCCN(C)C3)nc(N(C)CC(C)(C)C)c2C#N)c1. The van der Waals surface area contributed by atoms with Gasteiger partial charge < -0.3 is 25.2 Å². The fraction of sp³-hybridized carbons (Fsp3) is 0.556. The molecule has 36 heavy (non-hydrogen) atoms. The topological polar surface area (TPSA) is 106 Å². The van der Waals surface area contributed by atoms with Crippen LogP contribution >= 0.6 is 0 Å². The van der Waals surface area contributed by atoms with Gasteiger partial charge in [-0.2, -0.15) is 15.2 Å². The van der Waals surface area contributed by atoms with Gasteiger partial charge in [0.1, 0.15) is 11.6 Å². The van der Waals surface area contributed by atoms with E-state index >= 15 is 0 Å². The molecule has 3 rings (SSSR count). The Morgan fingerprint density at radius 3 is 2.72 bits per heavy atom. The number of hydrogen-bond donors (Lipinski definition) is 2. The van der Waals surface area contributed by atoms with E-state index in [1.807, 2.05) is 24.9 Å². The van der Waals surface area contributed by atoms with Crippen LogP contribution in [0.5, 0.6) is 6.01 Å². The lowest BCUT2D eigenvalue weighted by Gasteiger charge is -2.30. The fourth-order valence-electron chi connectivity index (χ4n) is 4.52. The van der Waals surface area contributed by atoms with Crippen molar-refractivity contribution in [2.75, 3.05) is 57.6 Å². The maximum atomic E-state index is 12.2. The lowest BCUT2D eigenvalue weighted by atomic mass is 9.96. The van der Waals surface area contributed by atoms with E-state index in [4.69, 9.17) is 4.74 Å². The summed E-state index contributed by atoms with van der Waals surface area (Å²) in [6, 6.07) is 7.91. The monoisotopic (exact) mass is 493 g/mol. The second kappa shape index (κ2) is 11.6. The third-order valence-electron chi connectivity index (χ3n) is 6.20. The van der Waals surface area contributed by atoms with Gasteiger partial charge in [-0.05, 0) is 56.5 Å². The largest absolute Gasteiger partial charge is 0.463 e. The van der Waals surface area contributed by atoms with E-state index in [0.29, 0.717) is 47.5 Å². The number of hydrogen-bond acceptors (Lipinski definition) is 8. The van der Waals surface area contributed by atoms with Crippen molar-refractivity contribution in [2.45, 2.75) is 40.5 Å². The van der Waals surface area contributed by atoms with Crippen molar-refractivity contribution in [2.24, 2.45) is 11.3 Å². The number of aromatic nitrogens is 2. The number of carbonyl (C=O) groups is 1. The molecular weight excluding hydrogens is 454 g/mol. The van der Waals surface area contributed by atoms with Crippen LogP contribution < -0.4 is 20.3 Å². The summed E-state index contributed by atoms with van der Waals surface area (Å²) >= 11 is 0. The number of likely N-dealkylation sites (tertiary alicyclic amines) is 1. The molecule has 2 heterocycles. The third kappa shape index (κ3) is 7.08. The summed E-state index contributed by atoms with van der Waals surface area (Å²) in [6.45, 7) is 11.6. The first-order valence-corrected chi connectivity index (χ1v) is 12.4. The van der Waals surface area contributed by atoms with Crippen molar-refractivity contribution in [1.29, 1.82) is 5.26 Å². The molecule has 1 aliphatic rings. The van der Waals surface area contributed by atoms with Gasteiger partial charge in [0.15, 0.2) is 11.6 Å². The van der Waals surface area contributed by atoms with E-state index in [1.54, 1.807) is 19.2 Å². The van der Waals surface area contributed by atoms with Gasteiger partial charge in [0.25, 0.3) is 5.91 Å². The number of benzene rings is 1. The molecule has 1 aliphatic heterocycles. The van der Waals surface area contributed by atoms with Crippen LogP contribution in [0.4, 0.5) is 17.3 Å². The Balaban J connectivity index is 1.99. The number of nitrogens with zero attached hydrogens (tertiary/aromatic N) is 5. The Bertz CT molecular complexity index is 1120. The zero-order chi connectivity index (χ0) is 26.5. The molecule has 9 heteroatoms. The van der Waals surface area contributed by atoms with Crippen molar-refractivity contribution >= 4 is 23.2 Å². The van der Waals surface area contributed by atoms with Crippen LogP contribution in [0.1, 0.15) is 55.1 Å². The van der Waals surface area contributed by atoms with Crippen molar-refractivity contribution in [3.05, 3.63) is 34.9 Å². The van der Waals surface area contributed by atoms with E-state index < -0.39 is 0 Å². The molecule has 2 N–H and O–H groups in total. The Morgan fingerprint density at radius 2 is 2.08 bits per heavy atom. The summed E-state index contributed by atoms with van der Waals surface area (Å²) in [5.74, 6) is 1.09. The second-order valence-corrected chi connectivity index (χ2v) is 10.9. The lowest BCUT2D eigenvalue weighted by molar-refractivity contribution is 0.0963. The molecule has 1 atom stereocenters. The van der Waals surface area contributed by atoms with Crippen molar-refractivity contribution in [3.63, 3.8) is 0 Å². The fourth-order valence-corrected chi connectivity index (χ4v) is 4.52. The van der Waals surface area contributed by atoms with Gasteiger partial charge in [-0.25, -0.2) is 0 Å². The predicted molar refractivity (Wildman–Crippen MR) is 143 cm³/mol. The number of rotatable bonds is 8. The zero-order valence-electron chi connectivity index (χ0n) is 22.6. The molecule has 1 fully saturated rings. The third-order valence-corrected chi connectivity index (χ3v) is 6.20. The summed E-state index contributed by atoms with van der Waals surface area (Å²) in [5, 5.41) is 16.1. The molecule has 0 saturated carbocycles. The highest BCUT2D eigenvalue weighted by Crippen LogP contribution is 2.31. The number of nitriles is 1. The number of aryl methyl sites for hydroxylation is 1. The minimum atomic E-state index is -0.187. The summed E-state index contributed by atoms with van der Waals surface area (Å²) < 4.78 is 6.11. The van der Waals surface area contributed by atoms with Gasteiger partial charge >= 0.3 is 6.01 Å². The Hall–Kier alpha value is -3.38. The predicted octanol–water partition coefficient (Wildman–Crippen LogP) is 3.96. The maximum absolute atomic E-state index is 12.2. The minimum absolute atomic E-state index is 0.00778. The highest BCUT2D eigenvalue weighted by atomic mass is 16.5. The van der Waals surface area contributed by atoms with Crippen molar-refractivity contribution in [1.82, 2.24) is 20.2 Å². The van der Waals surface area contributed by atoms with Crippen LogP contribution in [0.15, 0.2) is 18.2 Å². The van der Waals surface area contributed by atoms with E-state index in [9.17, 15) is 10.1 Å². The highest BCUT2D eigenvalue weighted by Gasteiger charge is 2.24. The van der Waals surface area contributed by atoms with Gasteiger partial charge in [-0.15, -0.1) is 0 Å². The molecular formula is C27H39N7O2. The molecule has 9 nitrogen and oxygen atoms in total. The minimum Gasteiger partial charge on any atom is -0.463 e. The van der Waals surface area contributed by atoms with Crippen LogP contribution in [0, 0.1) is 29.6 Å². The van der Waals surface area contributed by atoms with E-state index in [-0.39, 0.29) is 17.3 Å². The molecule has 2 aromatic rings. The highest BCUT2D eigenvalue weighted by molar-refractivity contribution is 5.95. The molecule has 194 valence electrons. The molecule has 1 unspecified atom stereocenters. The number of amides is 1. The van der Waals surface area contributed by atoms with Gasteiger partial charge in [-0.3, -0.25) is 4.79 Å². The van der Waals surface area contributed by atoms with Gasteiger partial charge in [0.05, 0.1) is 6.61 Å². The van der Waals surface area contributed by atoms with Crippen molar-refractivity contribution in [3.8, 4) is 12.1 Å². The molecule has 0 aliphatic carbocycles. The summed E-state index contributed by atoms with van der Waals surface area (Å²) in [5.41, 5.74) is 2.45. The molecule has 1 amide bonds. The van der Waals surface area contributed by atoms with Gasteiger partial charge in [-0.1, -0.05) is 26.8 Å². The quantitative estimate of drug-likeness (QED) is 0.569. The zero-order valence-corrected chi connectivity index (χ0v) is 22.6. The standard InChI is InChI=1S/C27H39N7O2/c1-18-10-11-20(25(35)29-5)13-22(18)30-23-21(14-28)24(34(7)17-27(2,3)4)32-26(31-23)36-16-19-9-8-12-33(6)15-19/h10-11,13,19H,8-9,12,15-17H2,1-7H3,(H,29,35)(H,30,31,32). The molecule has 0 bridgehead atoms. The summed E-state index contributed by atoms with van der Waals surface area (Å²) in [6.07, 6.45) is 2.25. The molecule has 1 aromatic carbocycles. The Morgan fingerprint density at radius 1 is 1.33 bits per heavy atom. The van der Waals surface area contributed by atoms with Gasteiger partial charge in [0.2, 0.25) is 0 Å². The smallest absolute Gasteiger partial charge is 0.320 e. The molecule has 0 spiro atoms. The van der Waals surface area contributed by atoms with Crippen LogP contribution in [-0.4, -0.2) is 68.2 Å². The lowest BCUT2D eigenvalue weighted by Crippen LogP contribution is -2.35. The number of nitrogens with one attached hydrogen (secondary N) is 2.